The number of pyridine rings is 1. The summed E-state index contributed by atoms with van der Waals surface area (Å²) in [5, 5.41) is 5.34. The molecule has 0 radical (unpaired) electrons. The van der Waals surface area contributed by atoms with Crippen molar-refractivity contribution in [3.05, 3.63) is 59.4 Å². The monoisotopic (exact) mass is 463 g/mol. The first-order chi connectivity index (χ1) is 14.1. The van der Waals surface area contributed by atoms with Crippen molar-refractivity contribution in [2.24, 2.45) is 5.73 Å². The van der Waals surface area contributed by atoms with Gasteiger partial charge in [-0.2, -0.15) is 5.10 Å². The zero-order chi connectivity index (χ0) is 20.4. The van der Waals surface area contributed by atoms with Gasteiger partial charge < -0.3 is 10.6 Å². The molecule has 1 amide bonds. The second kappa shape index (κ2) is 10.9. The molecular weight excluding hydrogens is 433 g/mol. The van der Waals surface area contributed by atoms with Crippen molar-refractivity contribution in [3.8, 4) is 0 Å². The summed E-state index contributed by atoms with van der Waals surface area (Å²) in [7, 11) is 0. The van der Waals surface area contributed by atoms with Crippen LogP contribution in [0.2, 0.25) is 0 Å². The smallest absolute Gasteiger partial charge is 0.254 e. The fourth-order valence-corrected chi connectivity index (χ4v) is 3.73. The number of fused-ring (bicyclic) bond motifs is 1. The van der Waals surface area contributed by atoms with Crippen LogP contribution in [0.3, 0.4) is 0 Å². The molecule has 1 fully saturated rings. The van der Waals surface area contributed by atoms with Crippen molar-refractivity contribution in [2.75, 3.05) is 19.6 Å². The Bertz CT molecular complexity index is 1000. The van der Waals surface area contributed by atoms with E-state index >= 15 is 0 Å². The van der Waals surface area contributed by atoms with E-state index in [0.717, 1.165) is 36.0 Å². The Labute approximate surface area is 196 Å². The highest BCUT2D eigenvalue weighted by molar-refractivity contribution is 6.05. The van der Waals surface area contributed by atoms with Crippen LogP contribution >= 0.6 is 24.8 Å². The van der Waals surface area contributed by atoms with Crippen LogP contribution in [-0.4, -0.2) is 45.2 Å². The molecule has 0 saturated heterocycles. The quantitative estimate of drug-likeness (QED) is 0.537. The highest BCUT2D eigenvalue weighted by atomic mass is 35.5. The molecule has 1 aromatic carbocycles. The van der Waals surface area contributed by atoms with Gasteiger partial charge in [-0.1, -0.05) is 30.3 Å². The Morgan fingerprint density at radius 1 is 1.19 bits per heavy atom. The Morgan fingerprint density at radius 2 is 1.90 bits per heavy atom. The minimum atomic E-state index is 0. The van der Waals surface area contributed by atoms with E-state index in [4.69, 9.17) is 10.7 Å². The average molecular weight is 464 g/mol. The molecule has 2 N–H and O–H groups in total. The molecule has 8 heteroatoms. The van der Waals surface area contributed by atoms with Gasteiger partial charge in [0, 0.05) is 37.3 Å². The second-order valence-corrected chi connectivity index (χ2v) is 8.11. The van der Waals surface area contributed by atoms with Crippen molar-refractivity contribution < 1.29 is 4.79 Å². The fourth-order valence-electron chi connectivity index (χ4n) is 3.73. The third-order valence-corrected chi connectivity index (χ3v) is 5.50. The van der Waals surface area contributed by atoms with Crippen LogP contribution in [-0.2, 0) is 6.42 Å². The number of benzene rings is 1. The molecular formula is C23H31Cl2N5O. The Balaban J connectivity index is 0.00000171. The number of hydrogen-bond acceptors (Lipinski definition) is 4. The molecule has 168 valence electrons. The predicted octanol–water partition coefficient (Wildman–Crippen LogP) is 4.38. The van der Waals surface area contributed by atoms with Crippen LogP contribution in [0.4, 0.5) is 0 Å². The summed E-state index contributed by atoms with van der Waals surface area (Å²) in [6.07, 6.45) is 4.87. The number of rotatable bonds is 8. The highest BCUT2D eigenvalue weighted by Gasteiger charge is 2.29. The summed E-state index contributed by atoms with van der Waals surface area (Å²) < 4.78 is 1.91. The number of carbonyl (C=O) groups is 1. The average Bonchev–Trinajstić information content (AvgIpc) is 3.49. The molecule has 3 aromatic rings. The minimum absolute atomic E-state index is 0. The molecule has 1 aliphatic carbocycles. The summed E-state index contributed by atoms with van der Waals surface area (Å²) in [5.74, 6) is 0.484. The number of nitrogens with zero attached hydrogens (tertiary/aromatic N) is 4. The maximum atomic E-state index is 13.5. The van der Waals surface area contributed by atoms with Gasteiger partial charge in [0.15, 0.2) is 5.65 Å². The van der Waals surface area contributed by atoms with Crippen LogP contribution in [0.5, 0.6) is 0 Å². The number of carbonyl (C=O) groups excluding carboxylic acids is 1. The van der Waals surface area contributed by atoms with Crippen molar-refractivity contribution in [1.29, 1.82) is 0 Å². The molecule has 2 aromatic heterocycles. The van der Waals surface area contributed by atoms with E-state index in [1.165, 1.54) is 5.56 Å². The summed E-state index contributed by atoms with van der Waals surface area (Å²) in [6, 6.07) is 12.4. The van der Waals surface area contributed by atoms with Gasteiger partial charge in [-0.05, 0) is 44.7 Å². The van der Waals surface area contributed by atoms with Gasteiger partial charge in [-0.25, -0.2) is 9.67 Å². The van der Waals surface area contributed by atoms with Gasteiger partial charge >= 0.3 is 0 Å². The van der Waals surface area contributed by atoms with E-state index in [1.807, 2.05) is 33.8 Å². The van der Waals surface area contributed by atoms with E-state index in [2.05, 4.69) is 31.1 Å². The number of nitrogens with two attached hydrogens (primary N) is 1. The molecule has 0 aliphatic heterocycles. The van der Waals surface area contributed by atoms with Crippen LogP contribution < -0.4 is 5.73 Å². The molecule has 0 bridgehead atoms. The Hall–Kier alpha value is -2.15. The summed E-state index contributed by atoms with van der Waals surface area (Å²) >= 11 is 0. The lowest BCUT2D eigenvalue weighted by Gasteiger charge is -2.23. The standard InChI is InChI=1S/C23H29N5O.2ClH/c1-16(2)28-22-20(15-25-28)19(14-21(26-22)18-8-9-18)23(29)27(13-11-24)12-10-17-6-4-3-5-7-17;;/h3-7,14-16,18H,8-13,24H2,1-2H3;2*1H. The van der Waals surface area contributed by atoms with Gasteiger partial charge in [0.2, 0.25) is 0 Å². The van der Waals surface area contributed by atoms with E-state index < -0.39 is 0 Å². The zero-order valence-electron chi connectivity index (χ0n) is 18.0. The van der Waals surface area contributed by atoms with Crippen LogP contribution in [0.15, 0.2) is 42.6 Å². The molecule has 0 atom stereocenters. The first-order valence-electron chi connectivity index (χ1n) is 10.5. The molecule has 1 saturated carbocycles. The number of aromatic nitrogens is 3. The lowest BCUT2D eigenvalue weighted by molar-refractivity contribution is 0.0764. The second-order valence-electron chi connectivity index (χ2n) is 8.11. The van der Waals surface area contributed by atoms with Gasteiger partial charge in [0.25, 0.3) is 5.91 Å². The Morgan fingerprint density at radius 3 is 2.52 bits per heavy atom. The van der Waals surface area contributed by atoms with E-state index in [9.17, 15) is 4.79 Å². The topological polar surface area (TPSA) is 77.0 Å². The first kappa shape index (κ1) is 25.1. The molecule has 1 aliphatic rings. The van der Waals surface area contributed by atoms with Crippen molar-refractivity contribution in [3.63, 3.8) is 0 Å². The highest BCUT2D eigenvalue weighted by Crippen LogP contribution is 2.40. The fraction of sp³-hybridized carbons (Fsp3) is 0.435. The predicted molar refractivity (Wildman–Crippen MR) is 129 cm³/mol. The van der Waals surface area contributed by atoms with Crippen molar-refractivity contribution in [1.82, 2.24) is 19.7 Å². The van der Waals surface area contributed by atoms with Gasteiger partial charge in [-0.3, -0.25) is 4.79 Å². The van der Waals surface area contributed by atoms with Gasteiger partial charge in [0.1, 0.15) is 0 Å². The van der Waals surface area contributed by atoms with Crippen LogP contribution in [0.25, 0.3) is 11.0 Å². The molecule has 0 spiro atoms. The zero-order valence-corrected chi connectivity index (χ0v) is 19.7. The third kappa shape index (κ3) is 5.56. The number of hydrogen-bond donors (Lipinski definition) is 1. The summed E-state index contributed by atoms with van der Waals surface area (Å²) in [6.45, 7) is 5.78. The maximum Gasteiger partial charge on any atom is 0.254 e. The lowest BCUT2D eigenvalue weighted by Crippen LogP contribution is -2.37. The van der Waals surface area contributed by atoms with Crippen molar-refractivity contribution >= 4 is 41.8 Å². The third-order valence-electron chi connectivity index (χ3n) is 5.50. The number of amides is 1. The van der Waals surface area contributed by atoms with Gasteiger partial charge in [-0.15, -0.1) is 24.8 Å². The van der Waals surface area contributed by atoms with Crippen molar-refractivity contribution in [2.45, 2.75) is 45.1 Å². The largest absolute Gasteiger partial charge is 0.337 e. The van der Waals surface area contributed by atoms with E-state index in [0.29, 0.717) is 31.1 Å². The van der Waals surface area contributed by atoms with E-state index in [1.54, 1.807) is 6.20 Å². The SMILES string of the molecule is CC(C)n1ncc2c(C(=O)N(CCN)CCc3ccccc3)cc(C3CC3)nc21.Cl.Cl. The van der Waals surface area contributed by atoms with Crippen LogP contribution in [0, 0.1) is 0 Å². The molecule has 4 rings (SSSR count). The van der Waals surface area contributed by atoms with E-state index in [-0.39, 0.29) is 36.8 Å². The van der Waals surface area contributed by atoms with Gasteiger partial charge in [0.05, 0.1) is 17.1 Å². The molecule has 6 nitrogen and oxygen atoms in total. The molecule has 31 heavy (non-hydrogen) atoms. The Kier molecular flexibility index (Phi) is 8.86. The number of halogens is 2. The first-order valence-corrected chi connectivity index (χ1v) is 10.5. The summed E-state index contributed by atoms with van der Waals surface area (Å²) in [4.78, 5) is 20.3. The van der Waals surface area contributed by atoms with Crippen LogP contribution in [0.1, 0.15) is 60.3 Å². The minimum Gasteiger partial charge on any atom is -0.337 e. The normalized spacial score (nSPS) is 13.0. The maximum absolute atomic E-state index is 13.5. The molecule has 2 heterocycles. The molecule has 0 unspecified atom stereocenters. The summed E-state index contributed by atoms with van der Waals surface area (Å²) in [5.41, 5.74) is 9.57. The lowest BCUT2D eigenvalue weighted by atomic mass is 10.1.